The number of hydrogen-bond acceptors (Lipinski definition) is 4. The first-order chi connectivity index (χ1) is 5.13. The van der Waals surface area contributed by atoms with Gasteiger partial charge < -0.3 is 4.84 Å². The Morgan fingerprint density at radius 3 is 2.36 bits per heavy atom. The summed E-state index contributed by atoms with van der Waals surface area (Å²) >= 11 is 10.1. The van der Waals surface area contributed by atoms with Crippen LogP contribution in [0, 0.1) is 0 Å². The van der Waals surface area contributed by atoms with Gasteiger partial charge in [0.1, 0.15) is 7.11 Å². The summed E-state index contributed by atoms with van der Waals surface area (Å²) in [5.41, 5.74) is -0.482. The maximum Gasteiger partial charge on any atom is 0.278 e. The minimum atomic E-state index is -0.975. The number of carbonyl (C=O) groups excluding carboxylic acids is 2. The molecule has 0 heterocycles. The molecule has 0 N–H and O–H groups in total. The lowest BCUT2D eigenvalue weighted by atomic mass is 10.3. The highest BCUT2D eigenvalue weighted by molar-refractivity contribution is 6.91. The van der Waals surface area contributed by atoms with Crippen molar-refractivity contribution in [1.82, 2.24) is 0 Å². The van der Waals surface area contributed by atoms with Crippen LogP contribution in [0.2, 0.25) is 0 Å². The van der Waals surface area contributed by atoms with Crippen LogP contribution in [0.1, 0.15) is 0 Å². The first-order valence-electron chi connectivity index (χ1n) is 2.53. The molecule has 0 fully saturated rings. The molecule has 0 aliphatic carbocycles. The van der Waals surface area contributed by atoms with Gasteiger partial charge in [-0.15, -0.1) is 11.6 Å². The van der Waals surface area contributed by atoms with Gasteiger partial charge in [-0.3, -0.25) is 9.59 Å². The Kier molecular flexibility index (Phi) is 4.81. The normalized spacial score (nSPS) is 11.0. The molecule has 0 saturated carbocycles. The van der Waals surface area contributed by atoms with E-state index in [0.717, 1.165) is 0 Å². The van der Waals surface area contributed by atoms with Gasteiger partial charge in [0.25, 0.3) is 5.24 Å². The van der Waals surface area contributed by atoms with E-state index in [0.29, 0.717) is 0 Å². The second-order valence-electron chi connectivity index (χ2n) is 1.45. The van der Waals surface area contributed by atoms with Crippen molar-refractivity contribution in [1.29, 1.82) is 0 Å². The Balaban J connectivity index is 4.48. The van der Waals surface area contributed by atoms with Gasteiger partial charge in [0.2, 0.25) is 11.5 Å². The highest BCUT2D eigenvalue weighted by atomic mass is 35.5. The van der Waals surface area contributed by atoms with E-state index in [-0.39, 0.29) is 5.88 Å². The fourth-order valence-electron chi connectivity index (χ4n) is 0.351. The lowest BCUT2D eigenvalue weighted by molar-refractivity contribution is -0.113. The van der Waals surface area contributed by atoms with Crippen LogP contribution in [0.5, 0.6) is 0 Å². The third-order valence-corrected chi connectivity index (χ3v) is 1.18. The Morgan fingerprint density at radius 1 is 1.55 bits per heavy atom. The maximum absolute atomic E-state index is 10.7. The number of ketones is 1. The number of rotatable bonds is 4. The largest absolute Gasteiger partial charge is 0.398 e. The van der Waals surface area contributed by atoms with Gasteiger partial charge in [0.05, 0.1) is 5.88 Å². The smallest absolute Gasteiger partial charge is 0.278 e. The molecule has 0 spiro atoms. The van der Waals surface area contributed by atoms with Crippen molar-refractivity contribution in [3.05, 3.63) is 0 Å². The van der Waals surface area contributed by atoms with Crippen molar-refractivity contribution in [2.75, 3.05) is 13.0 Å². The van der Waals surface area contributed by atoms with Gasteiger partial charge in [-0.25, -0.2) is 0 Å². The van der Waals surface area contributed by atoms with E-state index >= 15 is 0 Å². The third kappa shape index (κ3) is 3.34. The van der Waals surface area contributed by atoms with E-state index in [1.54, 1.807) is 0 Å². The molecule has 0 atom stereocenters. The zero-order chi connectivity index (χ0) is 8.85. The van der Waals surface area contributed by atoms with Crippen molar-refractivity contribution >= 4 is 39.9 Å². The first-order valence-corrected chi connectivity index (χ1v) is 3.44. The van der Waals surface area contributed by atoms with Crippen LogP contribution < -0.4 is 0 Å². The van der Waals surface area contributed by atoms with E-state index in [4.69, 9.17) is 23.2 Å². The number of oxime groups is 1. The Morgan fingerprint density at radius 2 is 2.09 bits per heavy atom. The molecule has 6 heteroatoms. The number of hydrogen-bond donors (Lipinski definition) is 0. The van der Waals surface area contributed by atoms with Crippen molar-refractivity contribution < 1.29 is 14.4 Å². The molecule has 0 saturated heterocycles. The zero-order valence-electron chi connectivity index (χ0n) is 5.63. The van der Waals surface area contributed by atoms with Gasteiger partial charge in [0.15, 0.2) is 0 Å². The number of Topliss-reactive ketones (excluding diaryl/α,β-unsaturated/α-hetero) is 1. The van der Waals surface area contributed by atoms with Crippen LogP contribution in [0.15, 0.2) is 5.16 Å². The van der Waals surface area contributed by atoms with Crippen molar-refractivity contribution in [2.24, 2.45) is 5.16 Å². The molecule has 0 rings (SSSR count). The van der Waals surface area contributed by atoms with E-state index in [9.17, 15) is 9.59 Å². The molecule has 0 aromatic heterocycles. The quantitative estimate of drug-likeness (QED) is 0.218. The molecule has 0 bridgehead atoms. The average molecular weight is 198 g/mol. The zero-order valence-corrected chi connectivity index (χ0v) is 7.15. The number of alkyl halides is 1. The van der Waals surface area contributed by atoms with Gasteiger partial charge in [-0.2, -0.15) is 0 Å². The monoisotopic (exact) mass is 197 g/mol. The Hall–Kier alpha value is -0.610. The summed E-state index contributed by atoms with van der Waals surface area (Å²) in [6.07, 6.45) is 0. The molecule has 62 valence electrons. The SMILES string of the molecule is CO/N=C(\C(=O)Cl)C(=O)CCl. The summed E-state index contributed by atoms with van der Waals surface area (Å²) in [5, 5.41) is 2.12. The standard InChI is InChI=1S/C5H5Cl2NO3/c1-11-8-4(5(7)10)3(9)2-6/h2H2,1H3/b8-4-. The fraction of sp³-hybridized carbons (Fsp3) is 0.400. The Bertz CT molecular complexity index is 202. The van der Waals surface area contributed by atoms with Crippen LogP contribution in [0.3, 0.4) is 0 Å². The minimum absolute atomic E-state index is 0.347. The first kappa shape index (κ1) is 10.4. The second-order valence-corrected chi connectivity index (χ2v) is 2.06. The van der Waals surface area contributed by atoms with Crippen LogP contribution in [0.4, 0.5) is 0 Å². The van der Waals surface area contributed by atoms with E-state index in [1.807, 2.05) is 0 Å². The van der Waals surface area contributed by atoms with E-state index < -0.39 is 16.7 Å². The molecule has 4 nitrogen and oxygen atoms in total. The number of carbonyl (C=O) groups is 2. The topological polar surface area (TPSA) is 55.7 Å². The third-order valence-electron chi connectivity index (χ3n) is 0.754. The van der Waals surface area contributed by atoms with Gasteiger partial charge >= 0.3 is 0 Å². The maximum atomic E-state index is 10.7. The lowest BCUT2D eigenvalue weighted by Crippen LogP contribution is -2.21. The predicted molar refractivity (Wildman–Crippen MR) is 41.0 cm³/mol. The van der Waals surface area contributed by atoms with Crippen molar-refractivity contribution in [2.45, 2.75) is 0 Å². The summed E-state index contributed by atoms with van der Waals surface area (Å²) in [5.74, 6) is -1.01. The van der Waals surface area contributed by atoms with E-state index in [2.05, 4.69) is 9.99 Å². The molecule has 11 heavy (non-hydrogen) atoms. The van der Waals surface area contributed by atoms with Crippen molar-refractivity contribution in [3.8, 4) is 0 Å². The van der Waals surface area contributed by atoms with Crippen LogP contribution in [-0.4, -0.2) is 29.7 Å². The molecule has 0 amide bonds. The lowest BCUT2D eigenvalue weighted by Gasteiger charge is -1.93. The molecule has 0 aromatic carbocycles. The fourth-order valence-corrected chi connectivity index (χ4v) is 0.617. The van der Waals surface area contributed by atoms with Gasteiger partial charge in [-0.05, 0) is 11.6 Å². The highest BCUT2D eigenvalue weighted by Gasteiger charge is 2.17. The highest BCUT2D eigenvalue weighted by Crippen LogP contribution is 1.92. The van der Waals surface area contributed by atoms with Crippen LogP contribution in [-0.2, 0) is 14.4 Å². The molecule has 0 aliphatic rings. The van der Waals surface area contributed by atoms with Crippen LogP contribution >= 0.6 is 23.2 Å². The summed E-state index contributed by atoms with van der Waals surface area (Å²) in [6.45, 7) is 0. The van der Waals surface area contributed by atoms with Crippen LogP contribution in [0.25, 0.3) is 0 Å². The molecule has 0 radical (unpaired) electrons. The number of nitrogens with zero attached hydrogens (tertiary/aromatic N) is 1. The van der Waals surface area contributed by atoms with Gasteiger partial charge in [0, 0.05) is 0 Å². The molecule has 0 aliphatic heterocycles. The second kappa shape index (κ2) is 5.09. The van der Waals surface area contributed by atoms with Crippen molar-refractivity contribution in [3.63, 3.8) is 0 Å². The molecule has 0 aromatic rings. The average Bonchev–Trinajstić information content (AvgIpc) is 1.98. The molecular weight excluding hydrogens is 193 g/mol. The van der Waals surface area contributed by atoms with E-state index in [1.165, 1.54) is 7.11 Å². The molecular formula is C5H5Cl2NO3. The summed E-state index contributed by atoms with van der Waals surface area (Å²) in [7, 11) is 1.20. The number of halogens is 2. The summed E-state index contributed by atoms with van der Waals surface area (Å²) in [4.78, 5) is 25.3. The molecule has 0 unspecified atom stereocenters. The summed E-state index contributed by atoms with van der Waals surface area (Å²) < 4.78 is 0. The minimum Gasteiger partial charge on any atom is -0.398 e. The Labute approximate surface area is 73.1 Å². The predicted octanol–water partition coefficient (Wildman–Crippen LogP) is 0.562. The summed E-state index contributed by atoms with van der Waals surface area (Å²) in [6, 6.07) is 0. The van der Waals surface area contributed by atoms with Gasteiger partial charge in [-0.1, -0.05) is 5.16 Å².